The van der Waals surface area contributed by atoms with Gasteiger partial charge in [0.05, 0.1) is 24.7 Å². The van der Waals surface area contributed by atoms with Crippen LogP contribution in [-0.4, -0.2) is 43.1 Å². The van der Waals surface area contributed by atoms with Crippen LogP contribution >= 0.6 is 0 Å². The Kier molecular flexibility index (Phi) is 9.60. The first-order valence-corrected chi connectivity index (χ1v) is 13.7. The molecule has 2 aromatic rings. The first-order chi connectivity index (χ1) is 18.4. The molecule has 2 atom stereocenters. The van der Waals surface area contributed by atoms with Crippen molar-refractivity contribution in [2.75, 3.05) is 26.4 Å². The highest BCUT2D eigenvalue weighted by Gasteiger charge is 2.39. The molecule has 0 fully saturated rings. The van der Waals surface area contributed by atoms with Gasteiger partial charge in [0.2, 0.25) is 0 Å². The van der Waals surface area contributed by atoms with Crippen molar-refractivity contribution in [2.24, 2.45) is 5.41 Å². The second-order valence-electron chi connectivity index (χ2n) is 10.9. The van der Waals surface area contributed by atoms with E-state index < -0.39 is 23.1 Å². The minimum absolute atomic E-state index is 0.250. The van der Waals surface area contributed by atoms with Crippen LogP contribution in [0, 0.1) is 26.2 Å². The SMILES string of the molecule is C=CCOc1c(C)c(C)c2c(c1C)CCC(C)(COc1ccc(C(O)C(C)(C)C(=O)OCC)cc1OCC)O2. The molecule has 0 amide bonds. The second-order valence-corrected chi connectivity index (χ2v) is 10.9. The van der Waals surface area contributed by atoms with Gasteiger partial charge in [-0.3, -0.25) is 4.79 Å². The van der Waals surface area contributed by atoms with Gasteiger partial charge in [-0.25, -0.2) is 0 Å². The van der Waals surface area contributed by atoms with E-state index in [4.69, 9.17) is 23.7 Å². The van der Waals surface area contributed by atoms with E-state index in [0.29, 0.717) is 36.9 Å². The van der Waals surface area contributed by atoms with E-state index in [1.807, 2.05) is 6.92 Å². The monoisotopic (exact) mass is 540 g/mol. The zero-order chi connectivity index (χ0) is 29.0. The fraction of sp³-hybridized carbons (Fsp3) is 0.531. The number of aliphatic hydroxyl groups excluding tert-OH is 1. The average Bonchev–Trinajstić information content (AvgIpc) is 2.91. The summed E-state index contributed by atoms with van der Waals surface area (Å²) >= 11 is 0. The summed E-state index contributed by atoms with van der Waals surface area (Å²) in [5.74, 6) is 2.40. The second kappa shape index (κ2) is 12.3. The Morgan fingerprint density at radius 2 is 1.82 bits per heavy atom. The van der Waals surface area contributed by atoms with Crippen LogP contribution in [0.1, 0.15) is 75.0 Å². The van der Waals surface area contributed by atoms with Gasteiger partial charge in [0.15, 0.2) is 11.5 Å². The van der Waals surface area contributed by atoms with Crippen LogP contribution in [0.2, 0.25) is 0 Å². The number of esters is 1. The number of rotatable bonds is 12. The zero-order valence-electron chi connectivity index (χ0n) is 24.7. The highest BCUT2D eigenvalue weighted by atomic mass is 16.6. The molecule has 2 aromatic carbocycles. The third-order valence-electron chi connectivity index (χ3n) is 7.51. The van der Waals surface area contributed by atoms with Gasteiger partial charge in [-0.05, 0) is 103 Å². The molecule has 0 bridgehead atoms. The maximum absolute atomic E-state index is 12.4. The summed E-state index contributed by atoms with van der Waals surface area (Å²) in [6, 6.07) is 5.25. The number of benzene rings is 2. The lowest BCUT2D eigenvalue weighted by Crippen LogP contribution is -2.42. The van der Waals surface area contributed by atoms with E-state index in [2.05, 4.69) is 34.3 Å². The summed E-state index contributed by atoms with van der Waals surface area (Å²) in [7, 11) is 0. The Hall–Kier alpha value is -3.19. The highest BCUT2D eigenvalue weighted by molar-refractivity contribution is 5.77. The quantitative estimate of drug-likeness (QED) is 0.248. The first-order valence-electron chi connectivity index (χ1n) is 13.7. The largest absolute Gasteiger partial charge is 0.490 e. The summed E-state index contributed by atoms with van der Waals surface area (Å²) in [5.41, 5.74) is 3.30. The van der Waals surface area contributed by atoms with Crippen LogP contribution in [0.25, 0.3) is 0 Å². The third kappa shape index (κ3) is 6.35. The Morgan fingerprint density at radius 1 is 1.10 bits per heavy atom. The van der Waals surface area contributed by atoms with Gasteiger partial charge < -0.3 is 28.8 Å². The minimum atomic E-state index is -1.12. The molecular weight excluding hydrogens is 496 g/mol. The van der Waals surface area contributed by atoms with Gasteiger partial charge in [0, 0.05) is 5.56 Å². The summed E-state index contributed by atoms with van der Waals surface area (Å²) in [4.78, 5) is 12.4. The number of aliphatic hydroxyl groups is 1. The lowest BCUT2D eigenvalue weighted by Gasteiger charge is -2.38. The molecule has 2 unspecified atom stereocenters. The van der Waals surface area contributed by atoms with E-state index in [1.54, 1.807) is 45.0 Å². The number of carbonyl (C=O) groups excluding carboxylic acids is 1. The van der Waals surface area contributed by atoms with Crippen molar-refractivity contribution in [3.63, 3.8) is 0 Å². The Balaban J connectivity index is 1.82. The molecule has 1 aliphatic heterocycles. The molecule has 1 heterocycles. The summed E-state index contributed by atoms with van der Waals surface area (Å²) in [5, 5.41) is 11.0. The van der Waals surface area contributed by atoms with Crippen molar-refractivity contribution in [3.8, 4) is 23.0 Å². The molecule has 39 heavy (non-hydrogen) atoms. The molecule has 214 valence electrons. The van der Waals surface area contributed by atoms with Gasteiger partial charge in [-0.2, -0.15) is 0 Å². The van der Waals surface area contributed by atoms with Crippen molar-refractivity contribution in [1.29, 1.82) is 0 Å². The molecule has 0 aromatic heterocycles. The van der Waals surface area contributed by atoms with Crippen LogP contribution in [0.4, 0.5) is 0 Å². The maximum atomic E-state index is 12.4. The summed E-state index contributed by atoms with van der Waals surface area (Å²) in [6.45, 7) is 20.4. The molecule has 3 rings (SSSR count). The first kappa shape index (κ1) is 30.4. The van der Waals surface area contributed by atoms with Crippen molar-refractivity contribution in [3.05, 3.63) is 58.7 Å². The van der Waals surface area contributed by atoms with E-state index in [9.17, 15) is 9.90 Å². The molecule has 0 saturated carbocycles. The third-order valence-corrected chi connectivity index (χ3v) is 7.51. The zero-order valence-corrected chi connectivity index (χ0v) is 24.7. The average molecular weight is 541 g/mol. The van der Waals surface area contributed by atoms with Crippen LogP contribution < -0.4 is 18.9 Å². The van der Waals surface area contributed by atoms with Crippen LogP contribution in [0.5, 0.6) is 23.0 Å². The molecular formula is C32H44O7. The maximum Gasteiger partial charge on any atom is 0.314 e. The van der Waals surface area contributed by atoms with Gasteiger partial charge in [0.1, 0.15) is 30.3 Å². The van der Waals surface area contributed by atoms with Crippen molar-refractivity contribution in [1.82, 2.24) is 0 Å². The lowest BCUT2D eigenvalue weighted by atomic mass is 9.82. The van der Waals surface area contributed by atoms with Gasteiger partial charge in [-0.1, -0.05) is 18.7 Å². The fourth-order valence-electron chi connectivity index (χ4n) is 4.90. The van der Waals surface area contributed by atoms with E-state index >= 15 is 0 Å². The topological polar surface area (TPSA) is 83.5 Å². The number of hydrogen-bond donors (Lipinski definition) is 1. The van der Waals surface area contributed by atoms with Crippen LogP contribution in [0.15, 0.2) is 30.9 Å². The normalized spacial score (nSPS) is 17.5. The lowest BCUT2D eigenvalue weighted by molar-refractivity contribution is -0.160. The summed E-state index contributed by atoms with van der Waals surface area (Å²) in [6.07, 6.45) is 2.30. The fourth-order valence-corrected chi connectivity index (χ4v) is 4.90. The van der Waals surface area contributed by atoms with Crippen molar-refractivity contribution in [2.45, 2.75) is 79.9 Å². The van der Waals surface area contributed by atoms with E-state index in [1.165, 1.54) is 5.56 Å². The molecule has 7 nitrogen and oxygen atoms in total. The van der Waals surface area contributed by atoms with E-state index in [0.717, 1.165) is 41.0 Å². The Morgan fingerprint density at radius 3 is 2.46 bits per heavy atom. The van der Waals surface area contributed by atoms with E-state index in [-0.39, 0.29) is 6.61 Å². The van der Waals surface area contributed by atoms with Crippen molar-refractivity contribution < 1.29 is 33.6 Å². The number of ether oxygens (including phenoxy) is 5. The highest BCUT2D eigenvalue weighted by Crippen LogP contribution is 2.44. The molecule has 0 saturated heterocycles. The standard InChI is InChI=1S/C32H44O7/c1-10-17-37-27-20(4)21(5)28-24(22(27)6)15-16-32(9,39-28)19-38-25-14-13-23(18-26(25)35-11-2)29(33)31(7,8)30(34)36-12-3/h10,13-14,18,29,33H,1,11-12,15-17,19H2,2-9H3. The van der Waals surface area contributed by atoms with Gasteiger partial charge in [0.25, 0.3) is 0 Å². The molecule has 7 heteroatoms. The van der Waals surface area contributed by atoms with Gasteiger partial charge in [-0.15, -0.1) is 0 Å². The molecule has 1 aliphatic rings. The molecule has 0 radical (unpaired) electrons. The van der Waals surface area contributed by atoms with Gasteiger partial charge >= 0.3 is 5.97 Å². The van der Waals surface area contributed by atoms with Crippen LogP contribution in [0.3, 0.4) is 0 Å². The predicted octanol–water partition coefficient (Wildman–Crippen LogP) is 6.36. The Labute approximate surface area is 233 Å². The molecule has 0 aliphatic carbocycles. The number of hydrogen-bond acceptors (Lipinski definition) is 7. The predicted molar refractivity (Wildman–Crippen MR) is 152 cm³/mol. The molecule has 1 N–H and O–H groups in total. The Bertz CT molecular complexity index is 1200. The number of fused-ring (bicyclic) bond motifs is 1. The molecule has 0 spiro atoms. The smallest absolute Gasteiger partial charge is 0.314 e. The minimum Gasteiger partial charge on any atom is -0.490 e. The summed E-state index contributed by atoms with van der Waals surface area (Å²) < 4.78 is 29.9. The van der Waals surface area contributed by atoms with Crippen LogP contribution in [-0.2, 0) is 16.0 Å². The number of carbonyl (C=O) groups is 1. The van der Waals surface area contributed by atoms with Crippen molar-refractivity contribution >= 4 is 5.97 Å².